The number of hydrogen-bond acceptors (Lipinski definition) is 2. The molecule has 0 bridgehead atoms. The number of halogens is 3. The van der Waals surface area contributed by atoms with Gasteiger partial charge in [-0.1, -0.05) is 18.2 Å². The minimum atomic E-state index is -4.29. The monoisotopic (exact) mass is 289 g/mol. The molecule has 0 aromatic heterocycles. The number of hydrogen-bond donors (Lipinski definition) is 1. The summed E-state index contributed by atoms with van der Waals surface area (Å²) >= 11 is 1.83. The third-order valence-corrected chi connectivity index (χ3v) is 5.40. The molecular weight excluding hydrogens is 271 g/mol. The normalized spacial score (nSPS) is 25.5. The van der Waals surface area contributed by atoms with Crippen molar-refractivity contribution in [3.8, 4) is 0 Å². The molecule has 1 saturated heterocycles. The van der Waals surface area contributed by atoms with Crippen LogP contribution in [0.15, 0.2) is 24.3 Å². The molecular formula is C14H18F3NS. The predicted molar refractivity (Wildman–Crippen MR) is 73.2 cm³/mol. The second kappa shape index (κ2) is 5.37. The molecule has 2 rings (SSSR count). The molecule has 0 radical (unpaired) electrons. The van der Waals surface area contributed by atoms with Crippen LogP contribution in [0.2, 0.25) is 0 Å². The lowest BCUT2D eigenvalue weighted by Crippen LogP contribution is -2.42. The van der Waals surface area contributed by atoms with Crippen LogP contribution in [-0.4, -0.2) is 16.5 Å². The van der Waals surface area contributed by atoms with Crippen LogP contribution in [-0.2, 0) is 12.6 Å². The van der Waals surface area contributed by atoms with Gasteiger partial charge in [-0.2, -0.15) is 24.9 Å². The molecule has 0 spiro atoms. The highest BCUT2D eigenvalue weighted by Gasteiger charge is 2.36. The summed E-state index contributed by atoms with van der Waals surface area (Å²) in [5, 5.41) is 0. The highest BCUT2D eigenvalue weighted by molar-refractivity contribution is 8.00. The molecule has 1 nitrogen and oxygen atoms in total. The quantitative estimate of drug-likeness (QED) is 0.914. The summed E-state index contributed by atoms with van der Waals surface area (Å²) < 4.78 is 37.9. The van der Waals surface area contributed by atoms with Gasteiger partial charge in [0.1, 0.15) is 0 Å². The Bertz CT molecular complexity index is 439. The highest BCUT2D eigenvalue weighted by atomic mass is 32.2. The topological polar surface area (TPSA) is 26.0 Å². The van der Waals surface area contributed by atoms with Gasteiger partial charge in [-0.05, 0) is 43.6 Å². The number of thioether (sulfide) groups is 1. The van der Waals surface area contributed by atoms with E-state index in [1.807, 2.05) is 11.8 Å². The van der Waals surface area contributed by atoms with E-state index in [0.29, 0.717) is 12.0 Å². The van der Waals surface area contributed by atoms with Gasteiger partial charge in [-0.3, -0.25) is 0 Å². The average Bonchev–Trinajstić information content (AvgIpc) is 2.77. The lowest BCUT2D eigenvalue weighted by atomic mass is 9.91. The SMILES string of the molecule is CC1(C(N)Cc2cccc(C(F)(F)F)c2)CCCS1. The van der Waals surface area contributed by atoms with E-state index in [1.165, 1.54) is 12.1 Å². The predicted octanol–water partition coefficient (Wildman–Crippen LogP) is 3.86. The Balaban J connectivity index is 2.11. The summed E-state index contributed by atoms with van der Waals surface area (Å²) in [6, 6.07) is 5.38. The Morgan fingerprint density at radius 3 is 2.74 bits per heavy atom. The fraction of sp³-hybridized carbons (Fsp3) is 0.571. The number of nitrogens with two attached hydrogens (primary N) is 1. The molecule has 1 aromatic rings. The second-order valence-electron chi connectivity index (χ2n) is 5.27. The van der Waals surface area contributed by atoms with Gasteiger partial charge >= 0.3 is 6.18 Å². The van der Waals surface area contributed by atoms with Gasteiger partial charge < -0.3 is 5.73 Å². The average molecular weight is 289 g/mol. The van der Waals surface area contributed by atoms with Crippen LogP contribution in [0.25, 0.3) is 0 Å². The van der Waals surface area contributed by atoms with Gasteiger partial charge in [0.25, 0.3) is 0 Å². The van der Waals surface area contributed by atoms with Crippen LogP contribution < -0.4 is 5.73 Å². The third kappa shape index (κ3) is 3.45. The maximum absolute atomic E-state index is 12.6. The third-order valence-electron chi connectivity index (χ3n) is 3.74. The molecule has 1 aliphatic heterocycles. The van der Waals surface area contributed by atoms with E-state index in [2.05, 4.69) is 6.92 Å². The molecule has 1 heterocycles. The lowest BCUT2D eigenvalue weighted by Gasteiger charge is -2.30. The van der Waals surface area contributed by atoms with Gasteiger partial charge in [0, 0.05) is 10.8 Å². The van der Waals surface area contributed by atoms with E-state index in [4.69, 9.17) is 5.73 Å². The minimum Gasteiger partial charge on any atom is -0.326 e. The summed E-state index contributed by atoms with van der Waals surface area (Å²) in [6.45, 7) is 2.11. The van der Waals surface area contributed by atoms with Crippen LogP contribution in [0.3, 0.4) is 0 Å². The van der Waals surface area contributed by atoms with Crippen molar-refractivity contribution in [2.45, 2.75) is 43.2 Å². The van der Waals surface area contributed by atoms with Crippen molar-refractivity contribution in [3.63, 3.8) is 0 Å². The largest absolute Gasteiger partial charge is 0.416 e. The molecule has 0 aliphatic carbocycles. The van der Waals surface area contributed by atoms with Gasteiger partial charge in [0.2, 0.25) is 0 Å². The molecule has 106 valence electrons. The Labute approximate surface area is 115 Å². The Morgan fingerprint density at radius 2 is 2.16 bits per heavy atom. The molecule has 0 amide bonds. The molecule has 19 heavy (non-hydrogen) atoms. The van der Waals surface area contributed by atoms with E-state index in [-0.39, 0.29) is 10.8 Å². The number of benzene rings is 1. The molecule has 5 heteroatoms. The van der Waals surface area contributed by atoms with E-state index in [0.717, 1.165) is 24.7 Å². The first kappa shape index (κ1) is 14.7. The van der Waals surface area contributed by atoms with Gasteiger partial charge in [0.05, 0.1) is 5.56 Å². The van der Waals surface area contributed by atoms with Crippen LogP contribution in [0.4, 0.5) is 13.2 Å². The number of alkyl halides is 3. The molecule has 0 saturated carbocycles. The molecule has 1 aromatic carbocycles. The van der Waals surface area contributed by atoms with Gasteiger partial charge in [0.15, 0.2) is 0 Å². The van der Waals surface area contributed by atoms with Crippen LogP contribution in [0, 0.1) is 0 Å². The first-order valence-corrected chi connectivity index (χ1v) is 7.35. The van der Waals surface area contributed by atoms with E-state index in [1.54, 1.807) is 6.07 Å². The highest BCUT2D eigenvalue weighted by Crippen LogP contribution is 2.40. The van der Waals surface area contributed by atoms with Crippen molar-refractivity contribution in [1.82, 2.24) is 0 Å². The summed E-state index contributed by atoms with van der Waals surface area (Å²) in [7, 11) is 0. The molecule has 2 unspecified atom stereocenters. The Hall–Kier alpha value is -0.680. The van der Waals surface area contributed by atoms with Crippen LogP contribution in [0.5, 0.6) is 0 Å². The Morgan fingerprint density at radius 1 is 1.42 bits per heavy atom. The Kier molecular flexibility index (Phi) is 4.16. The van der Waals surface area contributed by atoms with Crippen molar-refractivity contribution in [3.05, 3.63) is 35.4 Å². The molecule has 2 atom stereocenters. The minimum absolute atomic E-state index is 0.00572. The maximum Gasteiger partial charge on any atom is 0.416 e. The lowest BCUT2D eigenvalue weighted by molar-refractivity contribution is -0.137. The van der Waals surface area contributed by atoms with Crippen molar-refractivity contribution in [2.24, 2.45) is 5.73 Å². The van der Waals surface area contributed by atoms with Crippen LogP contribution >= 0.6 is 11.8 Å². The van der Waals surface area contributed by atoms with Crippen molar-refractivity contribution in [1.29, 1.82) is 0 Å². The fourth-order valence-electron chi connectivity index (χ4n) is 2.44. The zero-order chi connectivity index (χ0) is 14.1. The smallest absolute Gasteiger partial charge is 0.326 e. The first-order chi connectivity index (χ1) is 8.81. The molecule has 1 aliphatic rings. The van der Waals surface area contributed by atoms with E-state index in [9.17, 15) is 13.2 Å². The molecule has 1 fully saturated rings. The van der Waals surface area contributed by atoms with Crippen molar-refractivity contribution >= 4 is 11.8 Å². The first-order valence-electron chi connectivity index (χ1n) is 6.37. The zero-order valence-corrected chi connectivity index (χ0v) is 11.7. The maximum atomic E-state index is 12.6. The van der Waals surface area contributed by atoms with Crippen molar-refractivity contribution < 1.29 is 13.2 Å². The van der Waals surface area contributed by atoms with E-state index < -0.39 is 11.7 Å². The zero-order valence-electron chi connectivity index (χ0n) is 10.8. The summed E-state index contributed by atoms with van der Waals surface area (Å²) in [6.07, 6.45) is -1.62. The summed E-state index contributed by atoms with van der Waals surface area (Å²) in [5.41, 5.74) is 6.27. The van der Waals surface area contributed by atoms with Crippen molar-refractivity contribution in [2.75, 3.05) is 5.75 Å². The van der Waals surface area contributed by atoms with E-state index >= 15 is 0 Å². The van der Waals surface area contributed by atoms with Gasteiger partial charge in [-0.25, -0.2) is 0 Å². The standard InChI is InChI=1S/C14H18F3NS/c1-13(6-3-7-19-13)12(18)9-10-4-2-5-11(8-10)14(15,16)17/h2,4-5,8,12H,3,6-7,9,18H2,1H3. The second-order valence-corrected chi connectivity index (χ2v) is 6.90. The summed E-state index contributed by atoms with van der Waals surface area (Å²) in [5.74, 6) is 1.09. The number of rotatable bonds is 3. The molecule has 2 N–H and O–H groups in total. The van der Waals surface area contributed by atoms with Gasteiger partial charge in [-0.15, -0.1) is 0 Å². The summed E-state index contributed by atoms with van der Waals surface area (Å²) in [4.78, 5) is 0. The fourth-order valence-corrected chi connectivity index (χ4v) is 3.78. The van der Waals surface area contributed by atoms with Crippen LogP contribution in [0.1, 0.15) is 30.9 Å².